The molecule has 0 aliphatic rings. The first kappa shape index (κ1) is 20.6. The van der Waals surface area contributed by atoms with Gasteiger partial charge < -0.3 is 14.1 Å². The number of aromatic nitrogens is 1. The van der Waals surface area contributed by atoms with Crippen molar-refractivity contribution in [1.82, 2.24) is 9.88 Å². The maximum Gasteiger partial charge on any atom is 0.223 e. The minimum atomic E-state index is -0.365. The van der Waals surface area contributed by atoms with E-state index >= 15 is 0 Å². The van der Waals surface area contributed by atoms with Crippen molar-refractivity contribution >= 4 is 5.91 Å². The summed E-state index contributed by atoms with van der Waals surface area (Å²) in [5, 5.41) is 0. The highest BCUT2D eigenvalue weighted by Gasteiger charge is 2.21. The predicted octanol–water partition coefficient (Wildman–Crippen LogP) is 5.03. The molecule has 0 aliphatic heterocycles. The van der Waals surface area contributed by atoms with Crippen molar-refractivity contribution < 1.29 is 18.3 Å². The zero-order valence-electron chi connectivity index (χ0n) is 16.9. The normalized spacial score (nSPS) is 11.9. The lowest BCUT2D eigenvalue weighted by atomic mass is 10.1. The van der Waals surface area contributed by atoms with Crippen LogP contribution in [0.3, 0.4) is 0 Å². The van der Waals surface area contributed by atoms with Gasteiger partial charge in [-0.05, 0) is 43.7 Å². The van der Waals surface area contributed by atoms with Crippen molar-refractivity contribution in [1.29, 1.82) is 0 Å². The molecule has 1 unspecified atom stereocenters. The molecule has 5 nitrogen and oxygen atoms in total. The molecule has 0 radical (unpaired) electrons. The van der Waals surface area contributed by atoms with E-state index in [4.69, 9.17) is 9.15 Å². The fraction of sp³-hybridized carbons (Fsp3) is 0.304. The first-order valence-electron chi connectivity index (χ1n) is 9.66. The smallest absolute Gasteiger partial charge is 0.223 e. The number of rotatable bonds is 8. The Bertz CT molecular complexity index is 970. The molecule has 0 saturated heterocycles. The lowest BCUT2D eigenvalue weighted by Crippen LogP contribution is -2.33. The molecular weight excluding hydrogens is 371 g/mol. The van der Waals surface area contributed by atoms with Gasteiger partial charge in [0.2, 0.25) is 5.91 Å². The van der Waals surface area contributed by atoms with Crippen LogP contribution in [-0.2, 0) is 11.2 Å². The lowest BCUT2D eigenvalue weighted by Gasteiger charge is -2.28. The maximum atomic E-state index is 13.9. The second-order valence-electron chi connectivity index (χ2n) is 6.73. The number of amides is 1. The second kappa shape index (κ2) is 9.37. The molecule has 1 amide bonds. The van der Waals surface area contributed by atoms with Gasteiger partial charge in [-0.1, -0.05) is 24.3 Å². The number of oxazole rings is 1. The molecule has 1 heterocycles. The molecule has 29 heavy (non-hydrogen) atoms. The van der Waals surface area contributed by atoms with Crippen LogP contribution in [0.25, 0.3) is 11.3 Å². The number of carbonyl (C=O) groups is 1. The van der Waals surface area contributed by atoms with Gasteiger partial charge in [-0.2, -0.15) is 0 Å². The average Bonchev–Trinajstić information content (AvgIpc) is 3.22. The number of nitrogens with zero attached hydrogens (tertiary/aromatic N) is 2. The highest BCUT2D eigenvalue weighted by atomic mass is 19.1. The van der Waals surface area contributed by atoms with Crippen molar-refractivity contribution in [3.63, 3.8) is 0 Å². The van der Waals surface area contributed by atoms with Crippen LogP contribution in [0.1, 0.15) is 37.8 Å². The van der Waals surface area contributed by atoms with Gasteiger partial charge >= 0.3 is 0 Å². The molecule has 1 atom stereocenters. The number of halogens is 1. The molecule has 0 saturated carbocycles. The Morgan fingerprint density at radius 1 is 1.24 bits per heavy atom. The van der Waals surface area contributed by atoms with Crippen molar-refractivity contribution in [2.45, 2.75) is 32.7 Å². The summed E-state index contributed by atoms with van der Waals surface area (Å²) in [6.45, 7) is 4.54. The van der Waals surface area contributed by atoms with Gasteiger partial charge in [-0.15, -0.1) is 0 Å². The fourth-order valence-corrected chi connectivity index (χ4v) is 3.32. The maximum absolute atomic E-state index is 13.9. The molecule has 3 rings (SSSR count). The molecule has 0 aliphatic carbocycles. The summed E-state index contributed by atoms with van der Waals surface area (Å²) >= 11 is 0. The molecule has 152 valence electrons. The summed E-state index contributed by atoms with van der Waals surface area (Å²) in [6.07, 6.45) is 2.11. The number of benzene rings is 2. The minimum Gasteiger partial charge on any atom is -0.497 e. The van der Waals surface area contributed by atoms with Crippen LogP contribution in [0.5, 0.6) is 5.75 Å². The standard InChI is InChI=1S/C23H25FN2O3/c1-4-26(16(2)17-8-7-9-18(14-17)28-3)23(27)13-12-22-25-15-21(29-22)19-10-5-6-11-20(19)24/h5-11,14-16H,4,12-13H2,1-3H3. The van der Waals surface area contributed by atoms with Crippen molar-refractivity contribution in [2.24, 2.45) is 0 Å². The van der Waals surface area contributed by atoms with Gasteiger partial charge in [0, 0.05) is 19.4 Å². The zero-order valence-corrected chi connectivity index (χ0v) is 16.9. The van der Waals surface area contributed by atoms with E-state index in [9.17, 15) is 9.18 Å². The van der Waals surface area contributed by atoms with Crippen molar-refractivity contribution in [2.75, 3.05) is 13.7 Å². The third kappa shape index (κ3) is 4.83. The quantitative estimate of drug-likeness (QED) is 0.536. The van der Waals surface area contributed by atoms with Crippen molar-refractivity contribution in [3.8, 4) is 17.1 Å². The van der Waals surface area contributed by atoms with Crippen LogP contribution in [-0.4, -0.2) is 29.4 Å². The van der Waals surface area contributed by atoms with E-state index < -0.39 is 0 Å². The van der Waals surface area contributed by atoms with Crippen LogP contribution in [0, 0.1) is 5.82 Å². The molecule has 2 aromatic carbocycles. The Morgan fingerprint density at radius 2 is 2.03 bits per heavy atom. The Hall–Kier alpha value is -3.15. The number of hydrogen-bond donors (Lipinski definition) is 0. The SMILES string of the molecule is CCN(C(=O)CCc1ncc(-c2ccccc2F)o1)C(C)c1cccc(OC)c1. The van der Waals surface area contributed by atoms with Gasteiger partial charge in [0.25, 0.3) is 0 Å². The van der Waals surface area contributed by atoms with E-state index in [1.165, 1.54) is 12.3 Å². The lowest BCUT2D eigenvalue weighted by molar-refractivity contribution is -0.133. The van der Waals surface area contributed by atoms with E-state index in [0.717, 1.165) is 11.3 Å². The van der Waals surface area contributed by atoms with Gasteiger partial charge in [0.1, 0.15) is 11.6 Å². The predicted molar refractivity (Wildman–Crippen MR) is 109 cm³/mol. The van der Waals surface area contributed by atoms with Crippen LogP contribution in [0.4, 0.5) is 4.39 Å². The minimum absolute atomic E-state index is 0.00783. The highest BCUT2D eigenvalue weighted by molar-refractivity contribution is 5.77. The summed E-state index contributed by atoms with van der Waals surface area (Å²) in [5.41, 5.74) is 1.37. The van der Waals surface area contributed by atoms with Gasteiger partial charge in [0.05, 0.1) is 24.9 Å². The molecule has 0 spiro atoms. The molecule has 6 heteroatoms. The molecule has 3 aromatic rings. The molecule has 0 N–H and O–H groups in total. The van der Waals surface area contributed by atoms with Crippen LogP contribution < -0.4 is 4.74 Å². The van der Waals surface area contributed by atoms with Crippen LogP contribution in [0.2, 0.25) is 0 Å². The molecule has 0 bridgehead atoms. The Kier molecular flexibility index (Phi) is 6.65. The monoisotopic (exact) mass is 396 g/mol. The first-order chi connectivity index (χ1) is 14.0. The summed E-state index contributed by atoms with van der Waals surface area (Å²) < 4.78 is 24.8. The Labute approximate surface area is 170 Å². The second-order valence-corrected chi connectivity index (χ2v) is 6.73. The zero-order chi connectivity index (χ0) is 20.8. The van der Waals surface area contributed by atoms with Crippen molar-refractivity contribution in [3.05, 3.63) is 72.0 Å². The van der Waals surface area contributed by atoms with Crippen LogP contribution >= 0.6 is 0 Å². The van der Waals surface area contributed by atoms with E-state index in [-0.39, 0.29) is 24.2 Å². The summed E-state index contributed by atoms with van der Waals surface area (Å²) in [5.74, 6) is 1.19. The topological polar surface area (TPSA) is 55.6 Å². The molecule has 0 fully saturated rings. The largest absolute Gasteiger partial charge is 0.497 e. The molecule has 1 aromatic heterocycles. The van der Waals surface area contributed by atoms with E-state index in [1.54, 1.807) is 25.3 Å². The van der Waals surface area contributed by atoms with E-state index in [0.29, 0.717) is 30.2 Å². The number of aryl methyl sites for hydroxylation is 1. The third-order valence-electron chi connectivity index (χ3n) is 4.95. The van der Waals surface area contributed by atoms with Gasteiger partial charge in [-0.3, -0.25) is 4.79 Å². The highest BCUT2D eigenvalue weighted by Crippen LogP contribution is 2.26. The first-order valence-corrected chi connectivity index (χ1v) is 9.66. The average molecular weight is 396 g/mol. The number of hydrogen-bond acceptors (Lipinski definition) is 4. The fourth-order valence-electron chi connectivity index (χ4n) is 3.32. The van der Waals surface area contributed by atoms with Gasteiger partial charge in [-0.25, -0.2) is 9.37 Å². The van der Waals surface area contributed by atoms with E-state index in [1.807, 2.05) is 43.0 Å². The Balaban J connectivity index is 1.65. The number of methoxy groups -OCH3 is 1. The van der Waals surface area contributed by atoms with Gasteiger partial charge in [0.15, 0.2) is 11.7 Å². The summed E-state index contributed by atoms with van der Waals surface area (Å²) in [7, 11) is 1.62. The number of ether oxygens (including phenoxy) is 1. The summed E-state index contributed by atoms with van der Waals surface area (Å²) in [4.78, 5) is 18.8. The Morgan fingerprint density at radius 3 is 2.76 bits per heavy atom. The summed E-state index contributed by atoms with van der Waals surface area (Å²) in [6, 6.07) is 14.0. The van der Waals surface area contributed by atoms with E-state index in [2.05, 4.69) is 4.98 Å². The van der Waals surface area contributed by atoms with Crippen LogP contribution in [0.15, 0.2) is 59.1 Å². The number of carbonyl (C=O) groups excluding carboxylic acids is 1. The third-order valence-corrected chi connectivity index (χ3v) is 4.95. The molecular formula is C23H25FN2O3.